The molecule has 2 aromatic heterocycles. The van der Waals surface area contributed by atoms with Crippen LogP contribution in [-0.4, -0.2) is 64.1 Å². The predicted octanol–water partition coefficient (Wildman–Crippen LogP) is 1.74. The number of aromatic nitrogens is 2. The van der Waals surface area contributed by atoms with Gasteiger partial charge in [0.15, 0.2) is 6.29 Å². The summed E-state index contributed by atoms with van der Waals surface area (Å²) in [7, 11) is 1.62. The van der Waals surface area contributed by atoms with Crippen LogP contribution in [0.2, 0.25) is 0 Å². The summed E-state index contributed by atoms with van der Waals surface area (Å²) in [6.45, 7) is -0.0988. The van der Waals surface area contributed by atoms with Crippen molar-refractivity contribution >= 4 is 28.9 Å². The van der Waals surface area contributed by atoms with E-state index in [2.05, 4.69) is 25.6 Å². The number of aliphatic imine (C=N–C) groups is 1. The fourth-order valence-electron chi connectivity index (χ4n) is 4.13. The van der Waals surface area contributed by atoms with E-state index < -0.39 is 24.1 Å². The van der Waals surface area contributed by atoms with Crippen molar-refractivity contribution in [2.24, 2.45) is 4.99 Å². The Morgan fingerprint density at radius 1 is 1.42 bits per heavy atom. The molecule has 33 heavy (non-hydrogen) atoms. The van der Waals surface area contributed by atoms with Crippen molar-refractivity contribution < 1.29 is 23.1 Å². The van der Waals surface area contributed by atoms with Crippen molar-refractivity contribution in [3.8, 4) is 6.07 Å². The molecule has 0 spiro atoms. The molecule has 3 heterocycles. The molecule has 1 aliphatic carbocycles. The summed E-state index contributed by atoms with van der Waals surface area (Å²) in [5, 5.41) is 25.4. The number of aliphatic hydroxyl groups is 1. The molecule has 12 heteroatoms. The number of amides is 1. The summed E-state index contributed by atoms with van der Waals surface area (Å²) in [6.07, 6.45) is -0.0950. The van der Waals surface area contributed by atoms with E-state index in [-0.39, 0.29) is 35.1 Å². The van der Waals surface area contributed by atoms with Crippen LogP contribution in [0.25, 0.3) is 16.7 Å². The second kappa shape index (κ2) is 8.84. The lowest BCUT2D eigenvalue weighted by molar-refractivity contribution is -0.137. The normalized spacial score (nSPS) is 23.3. The molecular formula is C21H22F3N7O2. The maximum atomic E-state index is 13.2. The molecule has 174 valence electrons. The van der Waals surface area contributed by atoms with Gasteiger partial charge in [-0.15, -0.1) is 0 Å². The minimum Gasteiger partial charge on any atom is -0.391 e. The van der Waals surface area contributed by atoms with Crippen LogP contribution in [0.4, 0.5) is 13.2 Å². The molecule has 0 saturated heterocycles. The molecule has 0 aromatic carbocycles. The number of halogens is 3. The SMILES string of the molecule is CN1C(c2c[nH]c3ncc(C(F)(F)F)cc23)=C(C#N)C=NC1NCC(=O)NC1CCCC1O. The second-order valence-electron chi connectivity index (χ2n) is 8.01. The van der Waals surface area contributed by atoms with Gasteiger partial charge in [-0.2, -0.15) is 18.4 Å². The third-order valence-corrected chi connectivity index (χ3v) is 5.82. The fourth-order valence-corrected chi connectivity index (χ4v) is 4.13. The van der Waals surface area contributed by atoms with E-state index >= 15 is 0 Å². The van der Waals surface area contributed by atoms with Crippen molar-refractivity contribution in [2.45, 2.75) is 43.9 Å². The van der Waals surface area contributed by atoms with E-state index in [9.17, 15) is 28.3 Å². The average molecular weight is 461 g/mol. The van der Waals surface area contributed by atoms with Crippen LogP contribution in [0.5, 0.6) is 0 Å². The van der Waals surface area contributed by atoms with Crippen LogP contribution in [0.3, 0.4) is 0 Å². The number of aromatic amines is 1. The lowest BCUT2D eigenvalue weighted by Gasteiger charge is -2.32. The molecule has 3 atom stereocenters. The molecule has 9 nitrogen and oxygen atoms in total. The Kier molecular flexibility index (Phi) is 6.09. The number of alkyl halides is 3. The topological polar surface area (TPSA) is 129 Å². The highest BCUT2D eigenvalue weighted by Gasteiger charge is 2.33. The molecule has 2 aromatic rings. The van der Waals surface area contributed by atoms with Gasteiger partial charge in [0.2, 0.25) is 5.91 Å². The number of aliphatic hydroxyl groups excluding tert-OH is 1. The van der Waals surface area contributed by atoms with Gasteiger partial charge in [0, 0.05) is 36.6 Å². The van der Waals surface area contributed by atoms with Gasteiger partial charge >= 0.3 is 6.18 Å². The first-order valence-electron chi connectivity index (χ1n) is 10.3. The Bertz CT molecular complexity index is 1160. The highest BCUT2D eigenvalue weighted by Crippen LogP contribution is 2.35. The van der Waals surface area contributed by atoms with Crippen LogP contribution in [-0.2, 0) is 11.0 Å². The summed E-state index contributed by atoms with van der Waals surface area (Å²) in [5.74, 6) is -0.313. The summed E-state index contributed by atoms with van der Waals surface area (Å²) in [5.41, 5.74) is 0.218. The Hall–Kier alpha value is -3.43. The van der Waals surface area contributed by atoms with Crippen molar-refractivity contribution in [1.82, 2.24) is 25.5 Å². The number of pyridine rings is 1. The minimum atomic E-state index is -4.56. The molecule has 1 aliphatic heterocycles. The number of nitriles is 1. The van der Waals surface area contributed by atoms with E-state index in [1.54, 1.807) is 11.9 Å². The number of hydrogen-bond donors (Lipinski definition) is 4. The highest BCUT2D eigenvalue weighted by molar-refractivity contribution is 6.01. The van der Waals surface area contributed by atoms with E-state index in [4.69, 9.17) is 0 Å². The van der Waals surface area contributed by atoms with Crippen molar-refractivity contribution in [3.05, 3.63) is 35.2 Å². The zero-order valence-electron chi connectivity index (χ0n) is 17.6. The lowest BCUT2D eigenvalue weighted by Crippen LogP contribution is -2.49. The maximum absolute atomic E-state index is 13.2. The molecule has 3 unspecified atom stereocenters. The smallest absolute Gasteiger partial charge is 0.391 e. The number of nitrogens with one attached hydrogen (secondary N) is 3. The zero-order chi connectivity index (χ0) is 23.8. The number of hydrogen-bond acceptors (Lipinski definition) is 7. The largest absolute Gasteiger partial charge is 0.417 e. The van der Waals surface area contributed by atoms with Crippen molar-refractivity contribution in [1.29, 1.82) is 5.26 Å². The minimum absolute atomic E-state index is 0.0988. The van der Waals surface area contributed by atoms with Crippen LogP contribution in [0.1, 0.15) is 30.4 Å². The van der Waals surface area contributed by atoms with Gasteiger partial charge in [-0.3, -0.25) is 15.1 Å². The third-order valence-electron chi connectivity index (χ3n) is 5.82. The van der Waals surface area contributed by atoms with E-state index in [1.165, 1.54) is 12.4 Å². The van der Waals surface area contributed by atoms with E-state index in [0.29, 0.717) is 24.1 Å². The molecule has 4 rings (SSSR count). The van der Waals surface area contributed by atoms with Gasteiger partial charge in [0.05, 0.1) is 35.5 Å². The van der Waals surface area contributed by atoms with Crippen LogP contribution < -0.4 is 10.6 Å². The number of carbonyl (C=O) groups excluding carboxylic acids is 1. The Balaban J connectivity index is 1.55. The number of allylic oxidation sites excluding steroid dienone is 1. The van der Waals surface area contributed by atoms with E-state index in [0.717, 1.165) is 18.7 Å². The first kappa shape index (κ1) is 22.8. The lowest BCUT2D eigenvalue weighted by atomic mass is 10.0. The van der Waals surface area contributed by atoms with Crippen LogP contribution in [0.15, 0.2) is 29.0 Å². The van der Waals surface area contributed by atoms with Gasteiger partial charge < -0.3 is 20.3 Å². The molecule has 1 amide bonds. The highest BCUT2D eigenvalue weighted by atomic mass is 19.4. The Morgan fingerprint density at radius 3 is 2.88 bits per heavy atom. The van der Waals surface area contributed by atoms with Gasteiger partial charge in [-0.1, -0.05) is 0 Å². The number of rotatable bonds is 5. The van der Waals surface area contributed by atoms with E-state index in [1.807, 2.05) is 6.07 Å². The summed E-state index contributed by atoms with van der Waals surface area (Å²) in [6, 6.07) is 2.72. The molecule has 0 radical (unpaired) electrons. The first-order chi connectivity index (χ1) is 15.7. The van der Waals surface area contributed by atoms with Gasteiger partial charge in [-0.25, -0.2) is 4.98 Å². The molecule has 1 saturated carbocycles. The average Bonchev–Trinajstić information content (AvgIpc) is 3.37. The predicted molar refractivity (Wildman–Crippen MR) is 113 cm³/mol. The quantitative estimate of drug-likeness (QED) is 0.537. The van der Waals surface area contributed by atoms with Gasteiger partial charge in [-0.05, 0) is 25.3 Å². The number of H-pyrrole nitrogens is 1. The number of fused-ring (bicyclic) bond motifs is 1. The molecule has 1 fully saturated rings. The van der Waals surface area contributed by atoms with Crippen LogP contribution in [0, 0.1) is 11.3 Å². The monoisotopic (exact) mass is 461 g/mol. The zero-order valence-corrected chi connectivity index (χ0v) is 17.6. The van der Waals surface area contributed by atoms with Gasteiger partial charge in [0.25, 0.3) is 0 Å². The molecule has 0 bridgehead atoms. The van der Waals surface area contributed by atoms with Crippen molar-refractivity contribution in [3.63, 3.8) is 0 Å². The molecule has 2 aliphatic rings. The third kappa shape index (κ3) is 4.55. The first-order valence-corrected chi connectivity index (χ1v) is 10.3. The summed E-state index contributed by atoms with van der Waals surface area (Å²) < 4.78 is 39.6. The molecular weight excluding hydrogens is 439 g/mol. The molecule has 4 N–H and O–H groups in total. The summed E-state index contributed by atoms with van der Waals surface area (Å²) >= 11 is 0. The summed E-state index contributed by atoms with van der Waals surface area (Å²) in [4.78, 5) is 24.8. The number of carbonyl (C=O) groups is 1. The van der Waals surface area contributed by atoms with Crippen LogP contribution >= 0.6 is 0 Å². The van der Waals surface area contributed by atoms with Crippen molar-refractivity contribution in [2.75, 3.05) is 13.6 Å². The standard InChI is InChI=1S/C21H22F3N7O2/c1-31-18(14-9-27-19-13(14)5-12(8-26-19)21(22,23)24)11(6-25)7-28-20(31)29-10-17(33)30-15-3-2-4-16(15)32/h5,7-9,15-16,20,29,32H,2-4,10H2,1H3,(H,26,27)(H,30,33). The Labute approximate surface area is 187 Å². The van der Waals surface area contributed by atoms with Gasteiger partial charge in [0.1, 0.15) is 11.7 Å². The second-order valence-corrected chi connectivity index (χ2v) is 8.01. The maximum Gasteiger partial charge on any atom is 0.417 e. The number of nitrogens with zero attached hydrogens (tertiary/aromatic N) is 4. The fraction of sp³-hybridized carbons (Fsp3) is 0.429. The Morgan fingerprint density at radius 2 is 2.21 bits per heavy atom.